The van der Waals surface area contributed by atoms with Crippen LogP contribution in [0.2, 0.25) is 0 Å². The smallest absolute Gasteiger partial charge is 0.317 e. The van der Waals surface area contributed by atoms with Gasteiger partial charge in [-0.2, -0.15) is 0 Å². The van der Waals surface area contributed by atoms with Crippen LogP contribution < -0.4 is 5.32 Å². The summed E-state index contributed by atoms with van der Waals surface area (Å²) in [5, 5.41) is 12.3. The lowest BCUT2D eigenvalue weighted by molar-refractivity contribution is -0.136. The van der Waals surface area contributed by atoms with Gasteiger partial charge in [-0.25, -0.2) is 0 Å². The summed E-state index contributed by atoms with van der Waals surface area (Å²) in [6, 6.07) is 0.417. The zero-order valence-electron chi connectivity index (χ0n) is 19.4. The van der Waals surface area contributed by atoms with Crippen molar-refractivity contribution in [2.24, 2.45) is 46.3 Å². The first-order valence-electron chi connectivity index (χ1n) is 12.7. The Morgan fingerprint density at radius 2 is 1.76 bits per heavy atom. The Labute approximate surface area is 178 Å². The Bertz CT molecular complexity index is 606. The topological polar surface area (TPSA) is 49.3 Å². The number of carboxylic acid groups (broad SMARTS) is 1. The van der Waals surface area contributed by atoms with Crippen LogP contribution in [0.1, 0.15) is 98.3 Å². The molecular weight excluding hydrogens is 358 g/mol. The van der Waals surface area contributed by atoms with E-state index in [2.05, 4.69) is 33.0 Å². The van der Waals surface area contributed by atoms with Gasteiger partial charge >= 0.3 is 5.97 Å². The van der Waals surface area contributed by atoms with Gasteiger partial charge in [0.25, 0.3) is 0 Å². The molecule has 0 aromatic rings. The predicted octanol–water partition coefficient (Wildman–Crippen LogP) is 6.12. The summed E-state index contributed by atoms with van der Waals surface area (Å²) in [5.74, 6) is 4.76. The molecule has 29 heavy (non-hydrogen) atoms. The van der Waals surface area contributed by atoms with Crippen LogP contribution in [0.25, 0.3) is 0 Å². The van der Waals surface area contributed by atoms with E-state index in [4.69, 9.17) is 5.11 Å². The third kappa shape index (κ3) is 3.68. The SMILES string of the molecule is CCC[C@@H](C)[C@H]1CCC2C3CCC4CC(NCC(=O)O)CC[C@]4(C)C3CC[C@@]21C. The Morgan fingerprint density at radius 3 is 2.48 bits per heavy atom. The second-order valence-electron chi connectivity index (χ2n) is 11.9. The zero-order chi connectivity index (χ0) is 20.8. The van der Waals surface area contributed by atoms with E-state index in [0.29, 0.717) is 16.9 Å². The first-order chi connectivity index (χ1) is 13.8. The van der Waals surface area contributed by atoms with E-state index >= 15 is 0 Å². The Kier molecular flexibility index (Phi) is 6.10. The molecule has 0 amide bonds. The van der Waals surface area contributed by atoms with Gasteiger partial charge < -0.3 is 10.4 Å². The van der Waals surface area contributed by atoms with Gasteiger partial charge in [0, 0.05) is 6.04 Å². The summed E-state index contributed by atoms with van der Waals surface area (Å²) >= 11 is 0. The highest BCUT2D eigenvalue weighted by molar-refractivity contribution is 5.69. The average Bonchev–Trinajstić information content (AvgIpc) is 3.03. The summed E-state index contributed by atoms with van der Waals surface area (Å²) in [6.45, 7) is 10.3. The minimum atomic E-state index is -0.721. The first-order valence-corrected chi connectivity index (χ1v) is 12.7. The van der Waals surface area contributed by atoms with Gasteiger partial charge in [-0.15, -0.1) is 0 Å². The Balaban J connectivity index is 1.46. The van der Waals surface area contributed by atoms with Crippen molar-refractivity contribution in [2.75, 3.05) is 6.54 Å². The number of hydrogen-bond acceptors (Lipinski definition) is 2. The number of carboxylic acids is 1. The number of fused-ring (bicyclic) bond motifs is 5. The molecule has 5 unspecified atom stereocenters. The minimum absolute atomic E-state index is 0.123. The van der Waals surface area contributed by atoms with E-state index in [1.54, 1.807) is 0 Å². The van der Waals surface area contributed by atoms with E-state index in [-0.39, 0.29) is 6.54 Å². The largest absolute Gasteiger partial charge is 0.480 e. The van der Waals surface area contributed by atoms with E-state index in [0.717, 1.165) is 35.5 Å². The standard InChI is InChI=1S/C26H45NO2/c1-5-6-17(2)21-9-10-22-20-8-7-18-15-19(27-16-24(28)29)11-13-25(18,3)23(20)12-14-26(21,22)4/h17-23,27H,5-16H2,1-4H3,(H,28,29)/t17-,18?,19?,20?,21-,22?,23?,25+,26-/m1/s1. The summed E-state index contributed by atoms with van der Waals surface area (Å²) < 4.78 is 0. The second kappa shape index (κ2) is 8.17. The summed E-state index contributed by atoms with van der Waals surface area (Å²) in [6.07, 6.45) is 15.1. The molecule has 4 aliphatic carbocycles. The van der Waals surface area contributed by atoms with Crippen LogP contribution >= 0.6 is 0 Å². The number of aliphatic carboxylic acids is 1. The van der Waals surface area contributed by atoms with E-state index in [9.17, 15) is 4.79 Å². The monoisotopic (exact) mass is 403 g/mol. The van der Waals surface area contributed by atoms with Gasteiger partial charge in [0.15, 0.2) is 0 Å². The molecule has 2 N–H and O–H groups in total. The van der Waals surface area contributed by atoms with Gasteiger partial charge in [-0.05, 0) is 104 Å². The second-order valence-corrected chi connectivity index (χ2v) is 11.9. The fourth-order valence-electron chi connectivity index (χ4n) is 9.31. The highest BCUT2D eigenvalue weighted by Gasteiger charge is 2.60. The molecule has 4 saturated carbocycles. The van der Waals surface area contributed by atoms with Crippen molar-refractivity contribution < 1.29 is 9.90 Å². The molecule has 166 valence electrons. The Morgan fingerprint density at radius 1 is 1.03 bits per heavy atom. The lowest BCUT2D eigenvalue weighted by atomic mass is 9.44. The molecule has 4 aliphatic rings. The highest BCUT2D eigenvalue weighted by atomic mass is 16.4. The van der Waals surface area contributed by atoms with Crippen LogP contribution in [-0.2, 0) is 4.79 Å². The maximum absolute atomic E-state index is 11.0. The summed E-state index contributed by atoms with van der Waals surface area (Å²) in [5.41, 5.74) is 1.10. The fourth-order valence-corrected chi connectivity index (χ4v) is 9.31. The summed E-state index contributed by atoms with van der Waals surface area (Å²) in [7, 11) is 0. The third-order valence-electron chi connectivity index (χ3n) is 10.7. The van der Waals surface area contributed by atoms with Gasteiger partial charge in [0.2, 0.25) is 0 Å². The molecule has 0 aromatic heterocycles. The molecule has 3 heteroatoms. The maximum atomic E-state index is 11.0. The minimum Gasteiger partial charge on any atom is -0.480 e. The van der Waals surface area contributed by atoms with Gasteiger partial charge in [-0.3, -0.25) is 4.79 Å². The Hall–Kier alpha value is -0.570. The van der Waals surface area contributed by atoms with Crippen LogP contribution in [0.3, 0.4) is 0 Å². The van der Waals surface area contributed by atoms with Crippen molar-refractivity contribution >= 4 is 5.97 Å². The van der Waals surface area contributed by atoms with Crippen molar-refractivity contribution in [1.29, 1.82) is 0 Å². The van der Waals surface area contributed by atoms with Crippen LogP contribution in [0.15, 0.2) is 0 Å². The molecule has 3 nitrogen and oxygen atoms in total. The first kappa shape index (κ1) is 21.7. The number of hydrogen-bond donors (Lipinski definition) is 2. The molecule has 0 heterocycles. The molecule has 0 spiro atoms. The van der Waals surface area contributed by atoms with Crippen LogP contribution in [-0.4, -0.2) is 23.7 Å². The molecule has 0 radical (unpaired) electrons. The average molecular weight is 404 g/mol. The number of nitrogens with one attached hydrogen (secondary N) is 1. The van der Waals surface area contributed by atoms with Crippen LogP contribution in [0.4, 0.5) is 0 Å². The van der Waals surface area contributed by atoms with Crippen molar-refractivity contribution in [1.82, 2.24) is 5.32 Å². The lowest BCUT2D eigenvalue weighted by Crippen LogP contribution is -2.55. The molecule has 4 fully saturated rings. The molecule has 0 aromatic carbocycles. The van der Waals surface area contributed by atoms with Crippen molar-refractivity contribution in [3.63, 3.8) is 0 Å². The van der Waals surface area contributed by atoms with E-state index in [1.165, 1.54) is 70.6 Å². The van der Waals surface area contributed by atoms with E-state index < -0.39 is 5.97 Å². The normalized spacial score (nSPS) is 47.7. The fraction of sp³-hybridized carbons (Fsp3) is 0.962. The van der Waals surface area contributed by atoms with Crippen molar-refractivity contribution in [3.05, 3.63) is 0 Å². The van der Waals surface area contributed by atoms with Gasteiger partial charge in [-0.1, -0.05) is 40.5 Å². The maximum Gasteiger partial charge on any atom is 0.317 e. The van der Waals surface area contributed by atoms with Crippen LogP contribution in [0.5, 0.6) is 0 Å². The van der Waals surface area contributed by atoms with Crippen LogP contribution in [0, 0.1) is 46.3 Å². The quantitative estimate of drug-likeness (QED) is 0.561. The molecule has 0 aliphatic heterocycles. The third-order valence-corrected chi connectivity index (χ3v) is 10.7. The zero-order valence-corrected chi connectivity index (χ0v) is 19.4. The predicted molar refractivity (Wildman–Crippen MR) is 119 cm³/mol. The van der Waals surface area contributed by atoms with Gasteiger partial charge in [0.05, 0.1) is 6.54 Å². The molecule has 9 atom stereocenters. The summed E-state index contributed by atoms with van der Waals surface area (Å²) in [4.78, 5) is 11.0. The van der Waals surface area contributed by atoms with Crippen molar-refractivity contribution in [3.8, 4) is 0 Å². The molecule has 0 saturated heterocycles. The number of rotatable bonds is 6. The van der Waals surface area contributed by atoms with Gasteiger partial charge in [0.1, 0.15) is 0 Å². The molecular formula is C26H45NO2. The number of carbonyl (C=O) groups is 1. The molecule has 4 rings (SSSR count). The molecule has 0 bridgehead atoms. The van der Waals surface area contributed by atoms with Crippen molar-refractivity contribution in [2.45, 2.75) is 104 Å². The van der Waals surface area contributed by atoms with E-state index in [1.807, 2.05) is 0 Å². The highest BCUT2D eigenvalue weighted by Crippen LogP contribution is 2.68. The lowest BCUT2D eigenvalue weighted by Gasteiger charge is -2.61.